The third kappa shape index (κ3) is 4.32. The van der Waals surface area contributed by atoms with E-state index >= 15 is 0 Å². The number of fused-ring (bicyclic) bond motifs is 1. The fourth-order valence-electron chi connectivity index (χ4n) is 3.38. The van der Waals surface area contributed by atoms with E-state index in [1.807, 2.05) is 25.1 Å². The average molecular weight is 386 g/mol. The lowest BCUT2D eigenvalue weighted by molar-refractivity contribution is -0.0722. The molecule has 0 aliphatic rings. The maximum absolute atomic E-state index is 14.2. The highest BCUT2D eigenvalue weighted by atomic mass is 19.1. The zero-order valence-electron chi connectivity index (χ0n) is 16.3. The quantitative estimate of drug-likeness (QED) is 0.505. The minimum absolute atomic E-state index is 0.242. The van der Waals surface area contributed by atoms with Gasteiger partial charge in [0.1, 0.15) is 29.6 Å². The Kier molecular flexibility index (Phi) is 6.27. The highest BCUT2D eigenvalue weighted by molar-refractivity contribution is 5.83. The van der Waals surface area contributed by atoms with Crippen molar-refractivity contribution in [2.45, 2.75) is 25.6 Å². The summed E-state index contributed by atoms with van der Waals surface area (Å²) < 4.78 is 44.5. The van der Waals surface area contributed by atoms with E-state index in [-0.39, 0.29) is 12.4 Å². The van der Waals surface area contributed by atoms with Crippen molar-refractivity contribution in [2.24, 2.45) is 0 Å². The van der Waals surface area contributed by atoms with Gasteiger partial charge in [-0.1, -0.05) is 25.1 Å². The summed E-state index contributed by atoms with van der Waals surface area (Å²) in [5.74, 6) is -0.284. The van der Waals surface area contributed by atoms with Gasteiger partial charge in [0.15, 0.2) is 0 Å². The Balaban J connectivity index is 1.84. The van der Waals surface area contributed by atoms with Crippen LogP contribution in [0.1, 0.15) is 24.5 Å². The summed E-state index contributed by atoms with van der Waals surface area (Å²) in [4.78, 5) is 0. The van der Waals surface area contributed by atoms with Crippen LogP contribution in [0, 0.1) is 11.6 Å². The number of benzene rings is 3. The van der Waals surface area contributed by atoms with Crippen LogP contribution >= 0.6 is 0 Å². The Morgan fingerprint density at radius 3 is 2.36 bits per heavy atom. The normalized spacial score (nSPS) is 13.5. The first kappa shape index (κ1) is 20.2. The maximum atomic E-state index is 14.2. The Labute approximate surface area is 163 Å². The summed E-state index contributed by atoms with van der Waals surface area (Å²) in [6, 6.07) is 14.9. The number of hydrogen-bond acceptors (Lipinski definition) is 3. The first-order valence-corrected chi connectivity index (χ1v) is 9.16. The van der Waals surface area contributed by atoms with E-state index in [9.17, 15) is 8.78 Å². The molecule has 5 heteroatoms. The average Bonchev–Trinajstić information content (AvgIpc) is 2.70. The molecule has 3 aromatic rings. The van der Waals surface area contributed by atoms with Crippen molar-refractivity contribution >= 4 is 10.8 Å². The predicted octanol–water partition coefficient (Wildman–Crippen LogP) is 5.60. The fourth-order valence-corrected chi connectivity index (χ4v) is 3.38. The molecule has 3 aromatic carbocycles. The summed E-state index contributed by atoms with van der Waals surface area (Å²) >= 11 is 0. The molecule has 0 fully saturated rings. The molecule has 1 atom stereocenters. The van der Waals surface area contributed by atoms with Crippen molar-refractivity contribution in [3.8, 4) is 5.75 Å². The second kappa shape index (κ2) is 8.67. The molecule has 0 aliphatic heterocycles. The molecule has 0 amide bonds. The second-order valence-corrected chi connectivity index (χ2v) is 6.78. The lowest BCUT2D eigenvalue weighted by atomic mass is 9.91. The summed E-state index contributed by atoms with van der Waals surface area (Å²) in [5.41, 5.74) is 0.791. The van der Waals surface area contributed by atoms with E-state index in [1.54, 1.807) is 26.4 Å². The monoisotopic (exact) mass is 386 g/mol. The number of halogens is 2. The van der Waals surface area contributed by atoms with Crippen LogP contribution in [0.25, 0.3) is 10.8 Å². The summed E-state index contributed by atoms with van der Waals surface area (Å²) in [7, 11) is 3.17. The maximum Gasteiger partial charge on any atom is 0.127 e. The molecule has 0 saturated carbocycles. The smallest absolute Gasteiger partial charge is 0.127 e. The van der Waals surface area contributed by atoms with Gasteiger partial charge in [-0.3, -0.25) is 0 Å². The third-order valence-electron chi connectivity index (χ3n) is 5.01. The first-order valence-electron chi connectivity index (χ1n) is 9.16. The van der Waals surface area contributed by atoms with Crippen LogP contribution in [0.2, 0.25) is 0 Å². The Morgan fingerprint density at radius 2 is 1.64 bits per heavy atom. The number of ether oxygens (including phenoxy) is 3. The number of methoxy groups -OCH3 is 2. The van der Waals surface area contributed by atoms with Gasteiger partial charge in [0.2, 0.25) is 0 Å². The highest BCUT2D eigenvalue weighted by Crippen LogP contribution is 2.33. The summed E-state index contributed by atoms with van der Waals surface area (Å²) in [5, 5.41) is 1.75. The van der Waals surface area contributed by atoms with Crippen molar-refractivity contribution in [3.05, 3.63) is 77.4 Å². The summed E-state index contributed by atoms with van der Waals surface area (Å²) in [6.45, 7) is 2.51. The lowest BCUT2D eigenvalue weighted by Gasteiger charge is -2.31. The predicted molar refractivity (Wildman–Crippen MR) is 105 cm³/mol. The van der Waals surface area contributed by atoms with Crippen LogP contribution in [-0.4, -0.2) is 20.8 Å². The molecule has 3 rings (SSSR count). The van der Waals surface area contributed by atoms with Crippen LogP contribution < -0.4 is 4.74 Å². The molecule has 0 radical (unpaired) electrons. The van der Waals surface area contributed by atoms with Gasteiger partial charge >= 0.3 is 0 Å². The van der Waals surface area contributed by atoms with Gasteiger partial charge in [-0.15, -0.1) is 0 Å². The van der Waals surface area contributed by atoms with E-state index in [0.717, 1.165) is 16.3 Å². The van der Waals surface area contributed by atoms with Crippen LogP contribution in [0.15, 0.2) is 54.6 Å². The minimum Gasteiger partial charge on any atom is -0.489 e. The molecule has 3 nitrogen and oxygen atoms in total. The number of hydrogen-bond donors (Lipinski definition) is 0. The van der Waals surface area contributed by atoms with Gasteiger partial charge in [0, 0.05) is 20.3 Å². The van der Waals surface area contributed by atoms with Crippen LogP contribution in [0.3, 0.4) is 0 Å². The molecule has 0 N–H and O–H groups in total. The van der Waals surface area contributed by atoms with Gasteiger partial charge in [-0.2, -0.15) is 0 Å². The zero-order valence-corrected chi connectivity index (χ0v) is 16.3. The van der Waals surface area contributed by atoms with Crippen LogP contribution in [0.5, 0.6) is 5.75 Å². The molecule has 0 aromatic heterocycles. The standard InChI is InChI=1S/C23H24F2O3/c1-4-23(27-3,15-26-2)19-11-21(25)13-22(12-19)28-14-16-5-6-17-7-8-20(24)10-18(17)9-16/h5-13H,4,14-15H2,1-3H3. The second-order valence-electron chi connectivity index (χ2n) is 6.78. The van der Waals surface area contributed by atoms with Crippen molar-refractivity contribution in [1.82, 2.24) is 0 Å². The Morgan fingerprint density at radius 1 is 0.857 bits per heavy atom. The Bertz CT molecular complexity index is 952. The first-order chi connectivity index (χ1) is 13.5. The van der Waals surface area contributed by atoms with Crippen molar-refractivity contribution < 1.29 is 23.0 Å². The highest BCUT2D eigenvalue weighted by Gasteiger charge is 2.31. The molecule has 28 heavy (non-hydrogen) atoms. The Hall–Kier alpha value is -2.50. The molecule has 0 heterocycles. The molecule has 0 saturated heterocycles. The van der Waals surface area contributed by atoms with E-state index in [2.05, 4.69) is 0 Å². The molecule has 0 aliphatic carbocycles. The summed E-state index contributed by atoms with van der Waals surface area (Å²) in [6.07, 6.45) is 0.622. The number of rotatable bonds is 8. The van der Waals surface area contributed by atoms with Gasteiger partial charge in [-0.05, 0) is 58.7 Å². The molecule has 0 spiro atoms. The van der Waals surface area contributed by atoms with Crippen LogP contribution in [0.4, 0.5) is 8.78 Å². The molecule has 148 valence electrons. The molecule has 0 bridgehead atoms. The van der Waals surface area contributed by atoms with Gasteiger partial charge in [0.25, 0.3) is 0 Å². The fraction of sp³-hybridized carbons (Fsp3) is 0.304. The topological polar surface area (TPSA) is 27.7 Å². The lowest BCUT2D eigenvalue weighted by Crippen LogP contribution is -2.33. The van der Waals surface area contributed by atoms with E-state index < -0.39 is 11.4 Å². The van der Waals surface area contributed by atoms with Crippen LogP contribution in [-0.2, 0) is 21.7 Å². The largest absolute Gasteiger partial charge is 0.489 e. The van der Waals surface area contributed by atoms with E-state index in [1.165, 1.54) is 24.3 Å². The van der Waals surface area contributed by atoms with Gasteiger partial charge in [-0.25, -0.2) is 8.78 Å². The zero-order chi connectivity index (χ0) is 20.1. The molecular formula is C23H24F2O3. The van der Waals surface area contributed by atoms with Gasteiger partial charge in [0.05, 0.1) is 6.61 Å². The van der Waals surface area contributed by atoms with Crippen molar-refractivity contribution in [3.63, 3.8) is 0 Å². The van der Waals surface area contributed by atoms with Crippen molar-refractivity contribution in [1.29, 1.82) is 0 Å². The molecular weight excluding hydrogens is 362 g/mol. The van der Waals surface area contributed by atoms with Gasteiger partial charge < -0.3 is 14.2 Å². The van der Waals surface area contributed by atoms with E-state index in [4.69, 9.17) is 14.2 Å². The van der Waals surface area contributed by atoms with E-state index in [0.29, 0.717) is 24.3 Å². The van der Waals surface area contributed by atoms with Crippen molar-refractivity contribution in [2.75, 3.05) is 20.8 Å². The molecule has 1 unspecified atom stereocenters. The SMILES string of the molecule is CCC(COC)(OC)c1cc(F)cc(OCc2ccc3ccc(F)cc3c2)c1. The third-order valence-corrected chi connectivity index (χ3v) is 5.01. The minimum atomic E-state index is -0.741.